The van der Waals surface area contributed by atoms with Crippen molar-refractivity contribution >= 4 is 11.7 Å². The summed E-state index contributed by atoms with van der Waals surface area (Å²) in [6.07, 6.45) is 5.51. The number of likely N-dealkylation sites (tertiary alicyclic amines) is 1. The molecule has 2 aromatic carbocycles. The predicted molar refractivity (Wildman–Crippen MR) is 139 cm³/mol. The summed E-state index contributed by atoms with van der Waals surface area (Å²) in [6, 6.07) is 13.3. The van der Waals surface area contributed by atoms with Crippen LogP contribution in [0.1, 0.15) is 68.3 Å². The molecule has 194 valence electrons. The highest BCUT2D eigenvalue weighted by Gasteiger charge is 2.21. The smallest absolute Gasteiger partial charge is 0.231 e. The molecule has 1 amide bonds. The summed E-state index contributed by atoms with van der Waals surface area (Å²) in [5, 5.41) is 3.25. The first-order chi connectivity index (χ1) is 17.5. The normalized spacial score (nSPS) is 15.8. The Kier molecular flexibility index (Phi) is 9.23. The Morgan fingerprint density at radius 3 is 2.44 bits per heavy atom. The van der Waals surface area contributed by atoms with Gasteiger partial charge in [0, 0.05) is 31.0 Å². The molecule has 1 saturated heterocycles. The van der Waals surface area contributed by atoms with Crippen LogP contribution in [0.25, 0.3) is 0 Å². The lowest BCUT2D eigenvalue weighted by Gasteiger charge is -2.25. The number of benzene rings is 2. The largest absolute Gasteiger partial charge is 0.491 e. The van der Waals surface area contributed by atoms with Gasteiger partial charge in [-0.15, -0.1) is 0 Å². The number of fused-ring (bicyclic) bond motifs is 1. The van der Waals surface area contributed by atoms with Crippen LogP contribution in [0.15, 0.2) is 42.5 Å². The van der Waals surface area contributed by atoms with Gasteiger partial charge in [0.2, 0.25) is 12.7 Å². The zero-order chi connectivity index (χ0) is 25.3. The summed E-state index contributed by atoms with van der Waals surface area (Å²) in [6.45, 7) is 7.21. The fraction of sp³-hybridized carbons (Fsp3) is 0.517. The Hall–Kier alpha value is -3.06. The molecule has 4 rings (SSSR count). The quantitative estimate of drug-likeness (QED) is 0.319. The second-order valence-electron chi connectivity index (χ2n) is 9.99. The van der Waals surface area contributed by atoms with Gasteiger partial charge in [-0.2, -0.15) is 0 Å². The summed E-state index contributed by atoms with van der Waals surface area (Å²) in [4.78, 5) is 27.7. The molecule has 1 atom stereocenters. The Balaban J connectivity index is 1.23. The van der Waals surface area contributed by atoms with Crippen LogP contribution >= 0.6 is 0 Å². The number of hydrogen-bond donors (Lipinski definition) is 1. The summed E-state index contributed by atoms with van der Waals surface area (Å²) >= 11 is 0. The van der Waals surface area contributed by atoms with Gasteiger partial charge in [0.1, 0.15) is 5.75 Å². The second kappa shape index (κ2) is 12.8. The Morgan fingerprint density at radius 2 is 1.69 bits per heavy atom. The summed E-state index contributed by atoms with van der Waals surface area (Å²) in [7, 11) is 0. The van der Waals surface area contributed by atoms with Crippen molar-refractivity contribution in [3.8, 4) is 17.2 Å². The van der Waals surface area contributed by atoms with Crippen molar-refractivity contribution in [1.29, 1.82) is 0 Å². The maximum Gasteiger partial charge on any atom is 0.231 e. The highest BCUT2D eigenvalue weighted by Crippen LogP contribution is 2.32. The SMILES string of the molecule is CC(C)Oc1ccc(C(=O)CCCCC(=O)NC(Cc2ccc3c(c2)OCO3)CN2CCCC2)cc1. The van der Waals surface area contributed by atoms with E-state index < -0.39 is 0 Å². The van der Waals surface area contributed by atoms with Crippen LogP contribution in [0, 0.1) is 0 Å². The molecule has 7 heteroatoms. The molecule has 0 spiro atoms. The molecule has 36 heavy (non-hydrogen) atoms. The first-order valence-electron chi connectivity index (χ1n) is 13.2. The molecule has 0 aromatic heterocycles. The minimum atomic E-state index is 0.0316. The molecular weight excluding hydrogens is 456 g/mol. The van der Waals surface area contributed by atoms with Crippen LogP contribution < -0.4 is 19.5 Å². The summed E-state index contributed by atoms with van der Waals surface area (Å²) in [5.74, 6) is 2.45. The number of ketones is 1. The maximum atomic E-state index is 12.8. The van der Waals surface area contributed by atoms with Gasteiger partial charge in [-0.25, -0.2) is 0 Å². The summed E-state index contributed by atoms with van der Waals surface area (Å²) in [5.41, 5.74) is 1.81. The van der Waals surface area contributed by atoms with Gasteiger partial charge in [0.15, 0.2) is 17.3 Å². The van der Waals surface area contributed by atoms with Crippen LogP contribution in [0.4, 0.5) is 0 Å². The molecule has 0 aliphatic carbocycles. The number of hydrogen-bond acceptors (Lipinski definition) is 6. The van der Waals surface area contributed by atoms with Gasteiger partial charge in [0.05, 0.1) is 6.10 Å². The lowest BCUT2D eigenvalue weighted by atomic mass is 10.0. The molecule has 1 fully saturated rings. The van der Waals surface area contributed by atoms with Crippen molar-refractivity contribution < 1.29 is 23.8 Å². The molecule has 2 aliphatic heterocycles. The molecule has 7 nitrogen and oxygen atoms in total. The van der Waals surface area contributed by atoms with E-state index in [1.807, 2.05) is 56.3 Å². The van der Waals surface area contributed by atoms with E-state index in [9.17, 15) is 9.59 Å². The third kappa shape index (κ3) is 7.72. The third-order valence-corrected chi connectivity index (χ3v) is 6.57. The monoisotopic (exact) mass is 494 g/mol. The van der Waals surface area contributed by atoms with Gasteiger partial charge in [-0.3, -0.25) is 9.59 Å². The number of nitrogens with zero attached hydrogens (tertiary/aromatic N) is 1. The van der Waals surface area contributed by atoms with E-state index in [-0.39, 0.29) is 30.6 Å². The topological polar surface area (TPSA) is 77.1 Å². The number of unbranched alkanes of at least 4 members (excludes halogenated alkanes) is 1. The summed E-state index contributed by atoms with van der Waals surface area (Å²) < 4.78 is 16.6. The minimum absolute atomic E-state index is 0.0316. The number of carbonyl (C=O) groups is 2. The van der Waals surface area contributed by atoms with Gasteiger partial charge >= 0.3 is 0 Å². The number of ether oxygens (including phenoxy) is 3. The second-order valence-corrected chi connectivity index (χ2v) is 9.99. The van der Waals surface area contributed by atoms with E-state index in [4.69, 9.17) is 14.2 Å². The van der Waals surface area contributed by atoms with E-state index in [2.05, 4.69) is 10.2 Å². The molecule has 0 radical (unpaired) electrons. The van der Waals surface area contributed by atoms with E-state index >= 15 is 0 Å². The number of carbonyl (C=O) groups excluding carboxylic acids is 2. The van der Waals surface area contributed by atoms with E-state index in [0.717, 1.165) is 48.9 Å². The molecule has 2 aromatic rings. The van der Waals surface area contributed by atoms with Crippen molar-refractivity contribution in [2.24, 2.45) is 0 Å². The highest BCUT2D eigenvalue weighted by atomic mass is 16.7. The Bertz CT molecular complexity index is 1010. The van der Waals surface area contributed by atoms with Crippen molar-refractivity contribution in [3.05, 3.63) is 53.6 Å². The highest BCUT2D eigenvalue weighted by molar-refractivity contribution is 5.96. The lowest BCUT2D eigenvalue weighted by Crippen LogP contribution is -2.44. The van der Waals surface area contributed by atoms with Crippen molar-refractivity contribution in [2.75, 3.05) is 26.4 Å². The van der Waals surface area contributed by atoms with E-state index in [1.165, 1.54) is 12.8 Å². The fourth-order valence-corrected chi connectivity index (χ4v) is 4.80. The fourth-order valence-electron chi connectivity index (χ4n) is 4.80. The standard InChI is InChI=1S/C29H38N2O5/c1-21(2)36-25-12-10-23(11-13-25)26(32)7-3-4-8-29(33)30-24(19-31-15-5-6-16-31)17-22-9-14-27-28(18-22)35-20-34-27/h9-14,18,21,24H,3-8,15-17,19-20H2,1-2H3,(H,30,33). The molecular formula is C29H38N2O5. The van der Waals surface area contributed by atoms with Crippen LogP contribution in [0.2, 0.25) is 0 Å². The van der Waals surface area contributed by atoms with Crippen molar-refractivity contribution in [1.82, 2.24) is 10.2 Å². The predicted octanol–water partition coefficient (Wildman–Crippen LogP) is 4.77. The minimum Gasteiger partial charge on any atom is -0.491 e. The van der Waals surface area contributed by atoms with E-state index in [1.54, 1.807) is 0 Å². The average molecular weight is 495 g/mol. The van der Waals surface area contributed by atoms with E-state index in [0.29, 0.717) is 31.2 Å². The van der Waals surface area contributed by atoms with Crippen LogP contribution in [-0.2, 0) is 11.2 Å². The van der Waals surface area contributed by atoms with Gasteiger partial charge in [0.25, 0.3) is 0 Å². The average Bonchev–Trinajstić information content (AvgIpc) is 3.53. The van der Waals surface area contributed by atoms with Crippen molar-refractivity contribution in [2.45, 2.75) is 70.9 Å². The van der Waals surface area contributed by atoms with Gasteiger partial charge < -0.3 is 24.4 Å². The lowest BCUT2D eigenvalue weighted by molar-refractivity contribution is -0.122. The molecule has 1 unspecified atom stereocenters. The molecule has 0 saturated carbocycles. The zero-order valence-electron chi connectivity index (χ0n) is 21.5. The Labute approximate surface area is 214 Å². The molecule has 2 heterocycles. The van der Waals surface area contributed by atoms with Gasteiger partial charge in [-0.05, 0) is 101 Å². The molecule has 0 bridgehead atoms. The van der Waals surface area contributed by atoms with Crippen LogP contribution in [0.3, 0.4) is 0 Å². The number of Topliss-reactive ketones (excluding diaryl/α,β-unsaturated/α-hetero) is 1. The number of rotatable bonds is 13. The maximum absolute atomic E-state index is 12.8. The van der Waals surface area contributed by atoms with Crippen molar-refractivity contribution in [3.63, 3.8) is 0 Å². The number of nitrogens with one attached hydrogen (secondary N) is 1. The Morgan fingerprint density at radius 1 is 0.972 bits per heavy atom. The number of amides is 1. The molecule has 1 N–H and O–H groups in total. The molecule has 2 aliphatic rings. The first kappa shape index (κ1) is 26.0. The third-order valence-electron chi connectivity index (χ3n) is 6.57. The zero-order valence-corrected chi connectivity index (χ0v) is 21.5. The van der Waals surface area contributed by atoms with Crippen LogP contribution in [-0.4, -0.2) is 55.2 Å². The van der Waals surface area contributed by atoms with Gasteiger partial charge in [-0.1, -0.05) is 6.07 Å². The first-order valence-corrected chi connectivity index (χ1v) is 13.2. The van der Waals surface area contributed by atoms with Crippen LogP contribution in [0.5, 0.6) is 17.2 Å².